The predicted molar refractivity (Wildman–Crippen MR) is 106 cm³/mol. The molecule has 0 spiro atoms. The van der Waals surface area contributed by atoms with Crippen LogP contribution >= 0.6 is 0 Å². The minimum Gasteiger partial charge on any atom is -0.331 e. The van der Waals surface area contributed by atoms with Crippen molar-refractivity contribution >= 4 is 22.6 Å². The zero-order valence-corrected chi connectivity index (χ0v) is 16.5. The van der Waals surface area contributed by atoms with Crippen LogP contribution in [-0.4, -0.2) is 64.5 Å². The number of imidazole rings is 1. The van der Waals surface area contributed by atoms with Crippen molar-refractivity contribution in [2.24, 2.45) is 13.0 Å². The largest absolute Gasteiger partial charge is 0.331 e. The van der Waals surface area contributed by atoms with Crippen molar-refractivity contribution in [1.82, 2.24) is 19.4 Å². The van der Waals surface area contributed by atoms with E-state index in [0.29, 0.717) is 0 Å². The van der Waals surface area contributed by atoms with Gasteiger partial charge in [-0.25, -0.2) is 4.98 Å². The van der Waals surface area contributed by atoms with E-state index in [-0.39, 0.29) is 11.8 Å². The molecule has 6 heteroatoms. The highest BCUT2D eigenvalue weighted by molar-refractivity contribution is 5.94. The van der Waals surface area contributed by atoms with Crippen molar-refractivity contribution in [2.45, 2.75) is 27.2 Å². The lowest BCUT2D eigenvalue weighted by molar-refractivity contribution is -0.118. The molecule has 0 bridgehead atoms. The topological polar surface area (TPSA) is 53.4 Å². The van der Waals surface area contributed by atoms with Gasteiger partial charge in [-0.15, -0.1) is 0 Å². The summed E-state index contributed by atoms with van der Waals surface area (Å²) >= 11 is 0. The number of carbonyl (C=O) groups is 1. The minimum absolute atomic E-state index is 0.0295. The molecule has 0 aliphatic carbocycles. The second-order valence-corrected chi connectivity index (χ2v) is 7.46. The van der Waals surface area contributed by atoms with Crippen molar-refractivity contribution in [2.75, 3.05) is 44.6 Å². The van der Waals surface area contributed by atoms with Gasteiger partial charge in [-0.1, -0.05) is 20.8 Å². The van der Waals surface area contributed by atoms with Crippen LogP contribution in [0.1, 0.15) is 26.6 Å². The maximum absolute atomic E-state index is 11.9. The monoisotopic (exact) mass is 357 g/mol. The van der Waals surface area contributed by atoms with Gasteiger partial charge in [0.2, 0.25) is 5.91 Å². The Morgan fingerprint density at radius 3 is 2.54 bits per heavy atom. The van der Waals surface area contributed by atoms with Gasteiger partial charge in [-0.3, -0.25) is 4.79 Å². The molecule has 6 nitrogen and oxygen atoms in total. The number of fused-ring (bicyclic) bond motifs is 1. The maximum atomic E-state index is 11.9. The number of carbonyl (C=O) groups excluding carboxylic acids is 1. The first-order chi connectivity index (χ1) is 12.5. The highest BCUT2D eigenvalue weighted by atomic mass is 16.1. The van der Waals surface area contributed by atoms with E-state index in [0.717, 1.165) is 68.2 Å². The van der Waals surface area contributed by atoms with Crippen molar-refractivity contribution < 1.29 is 4.79 Å². The summed E-state index contributed by atoms with van der Waals surface area (Å²) < 4.78 is 2.17. The smallest absolute Gasteiger partial charge is 0.226 e. The van der Waals surface area contributed by atoms with E-state index in [4.69, 9.17) is 4.98 Å². The molecule has 1 fully saturated rings. The molecule has 1 amide bonds. The number of nitrogens with zero attached hydrogens (tertiary/aromatic N) is 4. The third-order valence-electron chi connectivity index (χ3n) is 5.33. The summed E-state index contributed by atoms with van der Waals surface area (Å²) in [7, 11) is 2.08. The van der Waals surface area contributed by atoms with Crippen molar-refractivity contribution in [3.8, 4) is 0 Å². The second kappa shape index (κ2) is 8.18. The molecule has 3 rings (SSSR count). The summed E-state index contributed by atoms with van der Waals surface area (Å²) in [5, 5.41) is 2.95. The van der Waals surface area contributed by atoms with Crippen molar-refractivity contribution in [3.63, 3.8) is 0 Å². The number of aryl methyl sites for hydroxylation is 1. The molecule has 0 radical (unpaired) electrons. The number of benzene rings is 1. The Morgan fingerprint density at radius 1 is 1.19 bits per heavy atom. The Labute approximate surface area is 156 Å². The molecule has 0 unspecified atom stereocenters. The summed E-state index contributed by atoms with van der Waals surface area (Å²) in [6.45, 7) is 12.8. The van der Waals surface area contributed by atoms with E-state index in [1.54, 1.807) is 0 Å². The van der Waals surface area contributed by atoms with Gasteiger partial charge < -0.3 is 19.7 Å². The SMILES string of the molecule is CCN1CCN(CCc2nc3cc(NC(=O)C(C)C)ccc3n2C)CC1. The molecular weight excluding hydrogens is 326 g/mol. The molecule has 1 aromatic carbocycles. The molecule has 142 valence electrons. The Balaban J connectivity index is 1.66. The second-order valence-electron chi connectivity index (χ2n) is 7.46. The first kappa shape index (κ1) is 18.9. The highest BCUT2D eigenvalue weighted by Gasteiger charge is 2.16. The quantitative estimate of drug-likeness (QED) is 0.862. The number of amides is 1. The molecule has 1 aliphatic heterocycles. The number of nitrogens with one attached hydrogen (secondary N) is 1. The van der Waals surface area contributed by atoms with Crippen LogP contribution in [0.25, 0.3) is 11.0 Å². The molecule has 26 heavy (non-hydrogen) atoms. The number of aromatic nitrogens is 2. The minimum atomic E-state index is -0.0295. The number of hydrogen-bond acceptors (Lipinski definition) is 4. The molecule has 1 aliphatic rings. The fourth-order valence-electron chi connectivity index (χ4n) is 3.42. The van der Waals surface area contributed by atoms with Crippen LogP contribution in [0, 0.1) is 5.92 Å². The van der Waals surface area contributed by atoms with Crippen molar-refractivity contribution in [3.05, 3.63) is 24.0 Å². The predicted octanol–water partition coefficient (Wildman–Crippen LogP) is 2.35. The van der Waals surface area contributed by atoms with Crippen LogP contribution < -0.4 is 5.32 Å². The average molecular weight is 358 g/mol. The Kier molecular flexibility index (Phi) is 5.94. The van der Waals surface area contributed by atoms with Gasteiger partial charge in [0, 0.05) is 57.8 Å². The van der Waals surface area contributed by atoms with Crippen LogP contribution in [0.3, 0.4) is 0 Å². The fraction of sp³-hybridized carbons (Fsp3) is 0.600. The first-order valence-corrected chi connectivity index (χ1v) is 9.69. The van der Waals surface area contributed by atoms with Crippen molar-refractivity contribution in [1.29, 1.82) is 0 Å². The molecular formula is C20H31N5O. The third kappa shape index (κ3) is 4.24. The standard InChI is InChI=1S/C20H31N5O/c1-5-24-10-12-25(13-11-24)9-8-19-22-17-14-16(21-20(26)15(2)3)6-7-18(17)23(19)4/h6-7,14-15H,5,8-13H2,1-4H3,(H,21,26). The van der Waals surface area contributed by atoms with E-state index < -0.39 is 0 Å². The van der Waals surface area contributed by atoms with Gasteiger partial charge in [-0.2, -0.15) is 0 Å². The van der Waals surface area contributed by atoms with E-state index >= 15 is 0 Å². The van der Waals surface area contributed by atoms with Crippen LogP contribution in [-0.2, 0) is 18.3 Å². The Hall–Kier alpha value is -1.92. The van der Waals surface area contributed by atoms with Crippen LogP contribution in [0.15, 0.2) is 18.2 Å². The molecule has 1 aromatic heterocycles. The van der Waals surface area contributed by atoms with Crippen LogP contribution in [0.2, 0.25) is 0 Å². The molecule has 1 saturated heterocycles. The summed E-state index contributed by atoms with van der Waals surface area (Å²) in [4.78, 5) is 21.7. The third-order valence-corrected chi connectivity index (χ3v) is 5.33. The summed E-state index contributed by atoms with van der Waals surface area (Å²) in [6.07, 6.45) is 0.949. The molecule has 2 heterocycles. The van der Waals surface area contributed by atoms with E-state index in [1.165, 1.54) is 0 Å². The first-order valence-electron chi connectivity index (χ1n) is 9.69. The van der Waals surface area contributed by atoms with E-state index in [1.807, 2.05) is 32.0 Å². The summed E-state index contributed by atoms with van der Waals surface area (Å²) in [5.74, 6) is 1.11. The van der Waals surface area contributed by atoms with Gasteiger partial charge in [0.05, 0.1) is 11.0 Å². The van der Waals surface area contributed by atoms with Gasteiger partial charge >= 0.3 is 0 Å². The maximum Gasteiger partial charge on any atom is 0.226 e. The van der Waals surface area contributed by atoms with Crippen LogP contribution in [0.5, 0.6) is 0 Å². The lowest BCUT2D eigenvalue weighted by Gasteiger charge is -2.33. The summed E-state index contributed by atoms with van der Waals surface area (Å²) in [5.41, 5.74) is 2.87. The van der Waals surface area contributed by atoms with Crippen LogP contribution in [0.4, 0.5) is 5.69 Å². The van der Waals surface area contributed by atoms with Gasteiger partial charge in [0.15, 0.2) is 0 Å². The lowest BCUT2D eigenvalue weighted by Crippen LogP contribution is -2.46. The Morgan fingerprint density at radius 2 is 1.88 bits per heavy atom. The number of anilines is 1. The highest BCUT2D eigenvalue weighted by Crippen LogP contribution is 2.20. The molecule has 2 aromatic rings. The number of rotatable bonds is 6. The van der Waals surface area contributed by atoms with Gasteiger partial charge in [0.25, 0.3) is 0 Å². The van der Waals surface area contributed by atoms with E-state index in [2.05, 4.69) is 33.7 Å². The summed E-state index contributed by atoms with van der Waals surface area (Å²) in [6, 6.07) is 5.97. The molecule has 1 N–H and O–H groups in total. The number of likely N-dealkylation sites (N-methyl/N-ethyl adjacent to an activating group) is 1. The Bertz CT molecular complexity index is 759. The van der Waals surface area contributed by atoms with Gasteiger partial charge in [-0.05, 0) is 24.7 Å². The number of hydrogen-bond donors (Lipinski definition) is 1. The number of piperazine rings is 1. The zero-order valence-electron chi connectivity index (χ0n) is 16.5. The normalized spacial score (nSPS) is 16.5. The fourth-order valence-corrected chi connectivity index (χ4v) is 3.42. The van der Waals surface area contributed by atoms with Gasteiger partial charge in [0.1, 0.15) is 5.82 Å². The molecule has 0 saturated carbocycles. The average Bonchev–Trinajstić information content (AvgIpc) is 2.95. The van der Waals surface area contributed by atoms with E-state index in [9.17, 15) is 4.79 Å². The molecule has 0 atom stereocenters. The zero-order chi connectivity index (χ0) is 18.7. The lowest BCUT2D eigenvalue weighted by atomic mass is 10.2.